The van der Waals surface area contributed by atoms with E-state index >= 15 is 0 Å². The van der Waals surface area contributed by atoms with Gasteiger partial charge in [-0.1, -0.05) is 0 Å². The zero-order chi connectivity index (χ0) is 22.6. The fraction of sp³-hybridized carbons (Fsp3) is 0.267. The number of unbranched alkanes of at least 4 members (excludes halogenated alkanes) is 3. The molecule has 0 spiro atoms. The average Bonchev–Trinajstić information content (AvgIpc) is 2.87. The van der Waals surface area contributed by atoms with E-state index in [-0.39, 0.29) is 0 Å². The van der Waals surface area contributed by atoms with Gasteiger partial charge in [0.25, 0.3) is 0 Å². The molecule has 0 unspecified atom stereocenters. The molecule has 3 aromatic rings. The molecular formula is C30H34BrP. The third-order valence-corrected chi connectivity index (χ3v) is 16.0. The predicted octanol–water partition coefficient (Wildman–Crippen LogP) is 7.75. The molecule has 0 amide bonds. The zero-order valence-electron chi connectivity index (χ0n) is 19.1. The van der Waals surface area contributed by atoms with Crippen molar-refractivity contribution in [2.75, 3.05) is 6.16 Å². The summed E-state index contributed by atoms with van der Waals surface area (Å²) in [7, 11) is 0. The zero-order valence-corrected chi connectivity index (χ0v) is 21.6. The van der Waals surface area contributed by atoms with Gasteiger partial charge in [-0.25, -0.2) is 0 Å². The SMILES string of the molecule is CCCCCC=CCC#CCCP(Br)(c1ccccc1)(c1ccccc1)c1ccccc1. The molecule has 166 valence electrons. The third-order valence-electron chi connectivity index (χ3n) is 6.03. The first-order valence-corrected chi connectivity index (χ1v) is 16.1. The van der Waals surface area contributed by atoms with E-state index in [1.165, 1.54) is 41.6 Å². The Morgan fingerprint density at radius 1 is 0.688 bits per heavy atom. The Balaban J connectivity index is 1.92. The summed E-state index contributed by atoms with van der Waals surface area (Å²) in [6.45, 7) is 2.25. The predicted molar refractivity (Wildman–Crippen MR) is 149 cm³/mol. The van der Waals surface area contributed by atoms with Crippen molar-refractivity contribution < 1.29 is 0 Å². The van der Waals surface area contributed by atoms with Crippen molar-refractivity contribution in [3.05, 3.63) is 103 Å². The molecule has 0 N–H and O–H groups in total. The van der Waals surface area contributed by atoms with Gasteiger partial charge in [-0.15, -0.1) is 0 Å². The van der Waals surface area contributed by atoms with Crippen molar-refractivity contribution in [3.8, 4) is 11.8 Å². The molecule has 0 heterocycles. The molecule has 0 radical (unpaired) electrons. The van der Waals surface area contributed by atoms with Gasteiger partial charge in [-0.2, -0.15) is 0 Å². The Morgan fingerprint density at radius 2 is 1.19 bits per heavy atom. The van der Waals surface area contributed by atoms with Crippen LogP contribution in [0.1, 0.15) is 45.4 Å². The van der Waals surface area contributed by atoms with Crippen LogP contribution < -0.4 is 15.9 Å². The standard InChI is InChI=1S/C30H34BrP/c1-2-3-4-5-6-7-8-9-10-20-27-32(31,28-21-14-11-15-22-28,29-23-16-12-17-24-29)30-25-18-13-19-26-30/h6-7,11-19,21-26H,2-5,8,20,27H2,1H3. The number of benzene rings is 3. The van der Waals surface area contributed by atoms with Gasteiger partial charge in [0.2, 0.25) is 0 Å². The van der Waals surface area contributed by atoms with Crippen LogP contribution in [0.4, 0.5) is 0 Å². The van der Waals surface area contributed by atoms with E-state index in [2.05, 4.69) is 137 Å². The van der Waals surface area contributed by atoms with Gasteiger partial charge in [0, 0.05) is 0 Å². The molecule has 0 saturated heterocycles. The molecule has 3 rings (SSSR count). The van der Waals surface area contributed by atoms with Crippen LogP contribution in [0.5, 0.6) is 0 Å². The number of hydrogen-bond acceptors (Lipinski definition) is 0. The second-order valence-electron chi connectivity index (χ2n) is 8.19. The maximum absolute atomic E-state index is 4.48. The second-order valence-corrected chi connectivity index (χ2v) is 17.2. The molecule has 3 aromatic carbocycles. The number of allylic oxidation sites excluding steroid dienone is 2. The number of halogens is 1. The van der Waals surface area contributed by atoms with E-state index in [9.17, 15) is 0 Å². The summed E-state index contributed by atoms with van der Waals surface area (Å²) in [6, 6.07) is 32.9. The van der Waals surface area contributed by atoms with E-state index in [0.29, 0.717) is 0 Å². The van der Waals surface area contributed by atoms with Gasteiger partial charge >= 0.3 is 203 Å². The molecule has 0 aliphatic rings. The van der Waals surface area contributed by atoms with Crippen LogP contribution in [-0.2, 0) is 0 Å². The fourth-order valence-corrected chi connectivity index (χ4v) is 11.5. The quantitative estimate of drug-likeness (QED) is 0.114. The van der Waals surface area contributed by atoms with Gasteiger partial charge in [0.1, 0.15) is 0 Å². The Kier molecular flexibility index (Phi) is 9.35. The van der Waals surface area contributed by atoms with Crippen molar-refractivity contribution >= 4 is 36.7 Å². The summed E-state index contributed by atoms with van der Waals surface area (Å²) in [4.78, 5) is 0. The third kappa shape index (κ3) is 5.61. The van der Waals surface area contributed by atoms with Crippen LogP contribution in [-0.4, -0.2) is 6.16 Å². The Labute approximate surface area is 202 Å². The fourth-order valence-electron chi connectivity index (χ4n) is 4.25. The summed E-state index contributed by atoms with van der Waals surface area (Å²) in [5.74, 6) is 6.86. The molecule has 0 aromatic heterocycles. The van der Waals surface area contributed by atoms with Crippen molar-refractivity contribution in [2.24, 2.45) is 0 Å². The van der Waals surface area contributed by atoms with E-state index in [0.717, 1.165) is 19.0 Å². The molecule has 0 atom stereocenters. The summed E-state index contributed by atoms with van der Waals surface area (Å²) in [5, 5.41) is 1.23. The van der Waals surface area contributed by atoms with Crippen molar-refractivity contribution in [3.63, 3.8) is 0 Å². The Bertz CT molecular complexity index is 930. The van der Waals surface area contributed by atoms with E-state index < -0.39 is 5.31 Å². The summed E-state index contributed by atoms with van der Waals surface area (Å²) < 4.78 is 0. The number of rotatable bonds is 10. The van der Waals surface area contributed by atoms with E-state index in [1.807, 2.05) is 0 Å². The Morgan fingerprint density at radius 3 is 1.66 bits per heavy atom. The second kappa shape index (κ2) is 12.2. The van der Waals surface area contributed by atoms with Crippen LogP contribution in [0.15, 0.2) is 103 Å². The van der Waals surface area contributed by atoms with Gasteiger partial charge in [0.15, 0.2) is 0 Å². The van der Waals surface area contributed by atoms with Crippen LogP contribution in [0.3, 0.4) is 0 Å². The Hall–Kier alpha value is -2.13. The average molecular weight is 505 g/mol. The van der Waals surface area contributed by atoms with Gasteiger partial charge in [-0.05, 0) is 0 Å². The van der Waals surface area contributed by atoms with E-state index in [4.69, 9.17) is 0 Å². The summed E-state index contributed by atoms with van der Waals surface area (Å²) in [5.41, 5.74) is 0. The van der Waals surface area contributed by atoms with Crippen molar-refractivity contribution in [1.82, 2.24) is 0 Å². The minimum atomic E-state index is -2.84. The van der Waals surface area contributed by atoms with Crippen LogP contribution in [0.2, 0.25) is 0 Å². The normalized spacial score (nSPS) is 12.6. The first kappa shape index (κ1) is 24.5. The molecule has 0 nitrogen and oxygen atoms in total. The minimum absolute atomic E-state index is 0.840. The van der Waals surface area contributed by atoms with Gasteiger partial charge < -0.3 is 0 Å². The van der Waals surface area contributed by atoms with Gasteiger partial charge in [0.05, 0.1) is 0 Å². The molecule has 0 saturated carbocycles. The van der Waals surface area contributed by atoms with Crippen LogP contribution in [0, 0.1) is 11.8 Å². The monoisotopic (exact) mass is 504 g/mol. The molecular weight excluding hydrogens is 471 g/mol. The molecule has 32 heavy (non-hydrogen) atoms. The molecule has 0 aliphatic carbocycles. The number of hydrogen-bond donors (Lipinski definition) is 0. The molecule has 2 heteroatoms. The van der Waals surface area contributed by atoms with E-state index in [1.54, 1.807) is 0 Å². The summed E-state index contributed by atoms with van der Waals surface area (Å²) in [6.07, 6.45) is 12.2. The first-order valence-electron chi connectivity index (χ1n) is 11.7. The van der Waals surface area contributed by atoms with Crippen molar-refractivity contribution in [1.29, 1.82) is 0 Å². The van der Waals surface area contributed by atoms with Gasteiger partial charge in [-0.3, -0.25) is 0 Å². The maximum atomic E-state index is 4.48. The molecule has 0 aliphatic heterocycles. The van der Waals surface area contributed by atoms with Crippen LogP contribution >= 0.6 is 20.8 Å². The summed E-state index contributed by atoms with van der Waals surface area (Å²) >= 11 is 4.48. The molecule has 0 bridgehead atoms. The van der Waals surface area contributed by atoms with Crippen molar-refractivity contribution in [2.45, 2.75) is 45.4 Å². The first-order chi connectivity index (χ1) is 15.7. The molecule has 0 fully saturated rings. The topological polar surface area (TPSA) is 0 Å². The van der Waals surface area contributed by atoms with Crippen LogP contribution in [0.25, 0.3) is 0 Å².